The lowest BCUT2D eigenvalue weighted by atomic mass is 9.72. The fraction of sp³-hybridized carbons (Fsp3) is 0.409. The van der Waals surface area contributed by atoms with Crippen molar-refractivity contribution in [3.8, 4) is 5.88 Å². The third-order valence-electron chi connectivity index (χ3n) is 5.46. The number of hydrogen-bond acceptors (Lipinski definition) is 8. The maximum atomic E-state index is 6.69. The van der Waals surface area contributed by atoms with E-state index in [1.165, 1.54) is 0 Å². The number of aromatic amines is 1. The van der Waals surface area contributed by atoms with Crippen molar-refractivity contribution in [2.75, 3.05) is 13.7 Å². The first-order valence-electron chi connectivity index (χ1n) is 10.4. The number of hydrogen-bond donors (Lipinski definition) is 3. The summed E-state index contributed by atoms with van der Waals surface area (Å²) >= 11 is 0. The van der Waals surface area contributed by atoms with Crippen LogP contribution in [0, 0.1) is 6.92 Å². The molecule has 4 rings (SSSR count). The Morgan fingerprint density at radius 3 is 2.81 bits per heavy atom. The molecule has 3 aromatic heterocycles. The third-order valence-corrected chi connectivity index (χ3v) is 5.46. The number of fused-ring (bicyclic) bond motifs is 1. The first-order valence-corrected chi connectivity index (χ1v) is 10.4. The van der Waals surface area contributed by atoms with Crippen molar-refractivity contribution >= 4 is 17.4 Å². The maximum Gasteiger partial charge on any atom is 0.212 e. The molecule has 162 valence electrons. The molecule has 2 atom stereocenters. The number of aryl methyl sites for hydroxylation is 1. The summed E-state index contributed by atoms with van der Waals surface area (Å²) in [4.78, 5) is 25.9. The van der Waals surface area contributed by atoms with Crippen LogP contribution in [0.15, 0.2) is 41.3 Å². The van der Waals surface area contributed by atoms with Crippen LogP contribution >= 0.6 is 0 Å². The number of methoxy groups -OCH3 is 1. The number of nitrogens with two attached hydrogens (primary N) is 1. The molecular formula is C22H28N8O. The number of aromatic nitrogens is 5. The molecule has 0 radical (unpaired) electrons. The molecule has 0 saturated carbocycles. The molecule has 4 N–H and O–H groups in total. The molecule has 0 aliphatic carbocycles. The van der Waals surface area contributed by atoms with Crippen LogP contribution in [0.1, 0.15) is 37.4 Å². The molecule has 1 aliphatic heterocycles. The number of ether oxygens (including phenoxy) is 1. The third kappa shape index (κ3) is 3.94. The van der Waals surface area contributed by atoms with Gasteiger partial charge in [0, 0.05) is 24.5 Å². The Labute approximate surface area is 181 Å². The minimum absolute atomic E-state index is 0.410. The molecule has 31 heavy (non-hydrogen) atoms. The van der Waals surface area contributed by atoms with Gasteiger partial charge < -0.3 is 20.8 Å². The lowest BCUT2D eigenvalue weighted by Crippen LogP contribution is -2.47. The molecule has 9 heteroatoms. The standard InChI is InChI=1S/C22H28N8O/c1-13(2)24-8-7-15-9-22(21(23)26-10-15,16-5-6-17(31-4)25-11-16)19-18-20(28-12-27-18)30-14(3)29-19/h5-6,9-13,21,24H,7-8,23H2,1-4H3,(H,27,28,29,30). The Bertz CT molecular complexity index is 1120. The van der Waals surface area contributed by atoms with Crippen LogP contribution in [-0.2, 0) is 5.41 Å². The number of rotatable bonds is 7. The lowest BCUT2D eigenvalue weighted by Gasteiger charge is -2.37. The number of nitrogens with zero attached hydrogens (tertiary/aromatic N) is 5. The Hall–Kier alpha value is -3.17. The van der Waals surface area contributed by atoms with Gasteiger partial charge in [0.25, 0.3) is 0 Å². The van der Waals surface area contributed by atoms with Crippen molar-refractivity contribution in [1.29, 1.82) is 0 Å². The molecule has 0 spiro atoms. The van der Waals surface area contributed by atoms with Gasteiger partial charge in [-0.25, -0.2) is 19.9 Å². The monoisotopic (exact) mass is 420 g/mol. The van der Waals surface area contributed by atoms with Gasteiger partial charge in [0.15, 0.2) is 5.65 Å². The first-order chi connectivity index (χ1) is 14.9. The number of H-pyrrole nitrogens is 1. The molecule has 0 fully saturated rings. The number of aliphatic imine (C=N–C) groups is 1. The topological polar surface area (TPSA) is 127 Å². The van der Waals surface area contributed by atoms with Crippen molar-refractivity contribution < 1.29 is 4.74 Å². The van der Waals surface area contributed by atoms with E-state index in [1.54, 1.807) is 19.6 Å². The molecular weight excluding hydrogens is 392 g/mol. The van der Waals surface area contributed by atoms with E-state index >= 15 is 0 Å². The van der Waals surface area contributed by atoms with E-state index in [2.05, 4.69) is 50.2 Å². The molecule has 2 unspecified atom stereocenters. The van der Waals surface area contributed by atoms with Gasteiger partial charge in [-0.2, -0.15) is 0 Å². The van der Waals surface area contributed by atoms with Crippen LogP contribution in [0.5, 0.6) is 5.88 Å². The summed E-state index contributed by atoms with van der Waals surface area (Å²) in [5.74, 6) is 1.15. The van der Waals surface area contributed by atoms with Gasteiger partial charge in [0.1, 0.15) is 17.5 Å². The van der Waals surface area contributed by atoms with Crippen molar-refractivity contribution in [2.24, 2.45) is 10.7 Å². The zero-order valence-corrected chi connectivity index (χ0v) is 18.3. The highest BCUT2D eigenvalue weighted by Crippen LogP contribution is 2.41. The SMILES string of the molecule is COc1ccc(C2(c3nc(C)nc4nc[nH]c34)C=C(CCNC(C)C)C=NC2N)cn1. The van der Waals surface area contributed by atoms with Gasteiger partial charge in [0.2, 0.25) is 5.88 Å². The zero-order chi connectivity index (χ0) is 22.0. The second kappa shape index (κ2) is 8.52. The van der Waals surface area contributed by atoms with Crippen LogP contribution in [0.3, 0.4) is 0 Å². The molecule has 0 amide bonds. The second-order valence-corrected chi connectivity index (χ2v) is 7.98. The molecule has 0 bridgehead atoms. The highest BCUT2D eigenvalue weighted by atomic mass is 16.5. The quantitative estimate of drug-likeness (QED) is 0.534. The van der Waals surface area contributed by atoms with E-state index < -0.39 is 11.6 Å². The molecule has 1 aliphatic rings. The molecule has 3 aromatic rings. The summed E-state index contributed by atoms with van der Waals surface area (Å²) in [6.07, 6.45) is 7.65. The van der Waals surface area contributed by atoms with Crippen LogP contribution in [0.25, 0.3) is 11.2 Å². The van der Waals surface area contributed by atoms with Gasteiger partial charge in [-0.1, -0.05) is 26.0 Å². The first kappa shape index (κ1) is 21.1. The summed E-state index contributed by atoms with van der Waals surface area (Å²) in [6, 6.07) is 4.20. The smallest absolute Gasteiger partial charge is 0.212 e. The lowest BCUT2D eigenvalue weighted by molar-refractivity contribution is 0.396. The summed E-state index contributed by atoms with van der Waals surface area (Å²) in [5.41, 5.74) is 9.88. The Kier molecular flexibility index (Phi) is 5.79. The number of pyridine rings is 1. The van der Waals surface area contributed by atoms with Crippen LogP contribution in [0.4, 0.5) is 0 Å². The Morgan fingerprint density at radius 2 is 2.10 bits per heavy atom. The fourth-order valence-corrected chi connectivity index (χ4v) is 3.94. The highest BCUT2D eigenvalue weighted by Gasteiger charge is 2.44. The van der Waals surface area contributed by atoms with E-state index in [0.717, 1.165) is 35.3 Å². The second-order valence-electron chi connectivity index (χ2n) is 7.98. The Morgan fingerprint density at radius 1 is 1.26 bits per heavy atom. The van der Waals surface area contributed by atoms with Crippen molar-refractivity contribution in [1.82, 2.24) is 30.2 Å². The number of nitrogens with one attached hydrogen (secondary N) is 2. The van der Waals surface area contributed by atoms with Gasteiger partial charge in [-0.15, -0.1) is 0 Å². The predicted octanol–water partition coefficient (Wildman–Crippen LogP) is 2.03. The van der Waals surface area contributed by atoms with Crippen molar-refractivity contribution in [2.45, 2.75) is 44.8 Å². The molecule has 0 aromatic carbocycles. The normalized spacial score (nSPS) is 21.0. The predicted molar refractivity (Wildman–Crippen MR) is 120 cm³/mol. The Balaban J connectivity index is 1.91. The summed E-state index contributed by atoms with van der Waals surface area (Å²) in [5, 5.41) is 3.46. The van der Waals surface area contributed by atoms with E-state index in [4.69, 9.17) is 15.5 Å². The summed E-state index contributed by atoms with van der Waals surface area (Å²) in [7, 11) is 1.59. The van der Waals surface area contributed by atoms with Crippen LogP contribution < -0.4 is 15.8 Å². The average Bonchev–Trinajstić information content (AvgIpc) is 3.22. The van der Waals surface area contributed by atoms with Gasteiger partial charge >= 0.3 is 0 Å². The van der Waals surface area contributed by atoms with E-state index in [-0.39, 0.29) is 0 Å². The van der Waals surface area contributed by atoms with Gasteiger partial charge in [0.05, 0.1) is 24.5 Å². The van der Waals surface area contributed by atoms with Crippen LogP contribution in [0.2, 0.25) is 0 Å². The zero-order valence-electron chi connectivity index (χ0n) is 18.3. The molecule has 4 heterocycles. The van der Waals surface area contributed by atoms with E-state index in [9.17, 15) is 0 Å². The number of imidazole rings is 1. The summed E-state index contributed by atoms with van der Waals surface area (Å²) < 4.78 is 5.26. The van der Waals surface area contributed by atoms with Crippen molar-refractivity contribution in [3.63, 3.8) is 0 Å². The maximum absolute atomic E-state index is 6.69. The average molecular weight is 421 g/mol. The van der Waals surface area contributed by atoms with Gasteiger partial charge in [-0.05, 0) is 31.0 Å². The van der Waals surface area contributed by atoms with E-state index in [0.29, 0.717) is 23.4 Å². The fourth-order valence-electron chi connectivity index (χ4n) is 3.94. The minimum atomic E-state index is -0.834. The minimum Gasteiger partial charge on any atom is -0.481 e. The van der Waals surface area contributed by atoms with Gasteiger partial charge in [-0.3, -0.25) is 4.99 Å². The molecule has 0 saturated heterocycles. The highest BCUT2D eigenvalue weighted by molar-refractivity contribution is 5.83. The summed E-state index contributed by atoms with van der Waals surface area (Å²) in [6.45, 7) is 6.95. The van der Waals surface area contributed by atoms with E-state index in [1.807, 2.05) is 25.3 Å². The largest absolute Gasteiger partial charge is 0.481 e. The molecule has 9 nitrogen and oxygen atoms in total. The van der Waals surface area contributed by atoms with Crippen LogP contribution in [-0.4, -0.2) is 57.0 Å². The number of dihydropyridines is 1. The van der Waals surface area contributed by atoms with Crippen molar-refractivity contribution in [3.05, 3.63) is 53.4 Å².